The standard InChI is InChI=1S/C47H83N19O10/c1-29(60-38(68)24-31(67)25-52)40(70)58-27-39(69)61-35(13-8-19-51)46(76)66-22-10-15-37(66)45(75)65-36(23-30-26-55-28-59-30)44(74)64-33(12-3-5-17-49)42(72)63-34(14-9-21-57-47(53)54)43(73)62-32(11-2-4-16-48)41(71)56-20-7-6-18-50/h14,26,28-29,31-33,36-37,67H,2-13,15-25,27,48-52H2,1H3,(H,55,59)(H,56,71)(H,58,70)(H,60,68)(H,62,73)(H,63,72)(H,64,74)(H,65,75)(H4,53,54,57)/b34-14-,61-35?/t29-,31+,32-,33-,36-,37-/m0/s1. The molecule has 0 radical (unpaired) electrons. The Morgan fingerprint density at radius 3 is 2.08 bits per heavy atom. The molecule has 426 valence electrons. The van der Waals surface area contributed by atoms with Gasteiger partial charge in [-0.05, 0) is 117 Å². The van der Waals surface area contributed by atoms with Crippen molar-refractivity contribution >= 4 is 64.8 Å². The van der Waals surface area contributed by atoms with Gasteiger partial charge in [0.2, 0.25) is 35.4 Å². The summed E-state index contributed by atoms with van der Waals surface area (Å²) in [6, 6.07) is -5.89. The SMILES string of the molecule is C[C@H](NC(=O)C[C@@H](O)CN)C(=O)NCC(=O)N=C(CCCN)C(=O)N1CCC[C@H]1C(=O)N[C@@H](Cc1cnc[nH]1)C(=O)N[C@@H](CCCCN)C(=O)N/C(=C\CCN=C(N)N)C(=O)N[C@@H](CCCCN)C(=O)NCCCCN. The molecule has 0 saturated carbocycles. The lowest BCUT2D eigenvalue weighted by Gasteiger charge is -2.28. The first-order valence-electron chi connectivity index (χ1n) is 25.8. The summed E-state index contributed by atoms with van der Waals surface area (Å²) in [6.45, 7) is 2.22. The summed E-state index contributed by atoms with van der Waals surface area (Å²) in [4.78, 5) is 138. The molecule has 0 spiro atoms. The molecular weight excluding hydrogens is 991 g/mol. The van der Waals surface area contributed by atoms with Crippen molar-refractivity contribution in [1.82, 2.24) is 52.1 Å². The third-order valence-corrected chi connectivity index (χ3v) is 11.8. The molecule has 29 heteroatoms. The minimum Gasteiger partial charge on any atom is -0.391 e. The van der Waals surface area contributed by atoms with E-state index in [2.05, 4.69) is 57.2 Å². The Morgan fingerprint density at radius 1 is 0.803 bits per heavy atom. The Labute approximate surface area is 442 Å². The molecule has 0 unspecified atom stereocenters. The van der Waals surface area contributed by atoms with Crippen molar-refractivity contribution in [3.05, 3.63) is 30.0 Å². The predicted molar refractivity (Wildman–Crippen MR) is 282 cm³/mol. The van der Waals surface area contributed by atoms with Gasteiger partial charge in [0.15, 0.2) is 5.96 Å². The molecule has 1 aromatic rings. The number of H-pyrrole nitrogens is 1. The third-order valence-electron chi connectivity index (χ3n) is 11.8. The number of carbonyl (C=O) groups excluding carboxylic acids is 9. The molecule has 1 saturated heterocycles. The van der Waals surface area contributed by atoms with Crippen LogP contribution in [0.3, 0.4) is 0 Å². The normalized spacial score (nSPS) is 15.5. The monoisotopic (exact) mass is 1070 g/mol. The van der Waals surface area contributed by atoms with E-state index in [0.29, 0.717) is 70.3 Å². The van der Waals surface area contributed by atoms with Crippen molar-refractivity contribution in [2.75, 3.05) is 58.9 Å². The van der Waals surface area contributed by atoms with Crippen LogP contribution in [0.15, 0.2) is 34.3 Å². The Kier molecular flexibility index (Phi) is 31.7. The van der Waals surface area contributed by atoms with E-state index >= 15 is 0 Å². The number of guanidine groups is 1. The van der Waals surface area contributed by atoms with Gasteiger partial charge in [-0.15, -0.1) is 0 Å². The summed E-state index contributed by atoms with van der Waals surface area (Å²) in [7, 11) is 0. The molecule has 23 N–H and O–H groups in total. The van der Waals surface area contributed by atoms with Crippen LogP contribution in [0.2, 0.25) is 0 Å². The minimum atomic E-state index is -1.36. The summed E-state index contributed by atoms with van der Waals surface area (Å²) in [5.41, 5.74) is 39.1. The quantitative estimate of drug-likeness (QED) is 0.0128. The molecule has 9 amide bonds. The lowest BCUT2D eigenvalue weighted by molar-refractivity contribution is -0.136. The van der Waals surface area contributed by atoms with Gasteiger partial charge in [-0.1, -0.05) is 6.08 Å². The Bertz CT molecular complexity index is 2120. The number of aromatic nitrogens is 2. The highest BCUT2D eigenvalue weighted by molar-refractivity contribution is 6.40. The topological polar surface area (TPSA) is 497 Å². The number of carbonyl (C=O) groups is 9. The number of aliphatic hydroxyl groups is 1. The molecule has 0 aliphatic carbocycles. The molecule has 1 aliphatic rings. The van der Waals surface area contributed by atoms with Gasteiger partial charge in [0.25, 0.3) is 17.7 Å². The van der Waals surface area contributed by atoms with Gasteiger partial charge in [0, 0.05) is 44.5 Å². The van der Waals surface area contributed by atoms with E-state index in [1.807, 2.05) is 0 Å². The molecule has 2 rings (SSSR count). The van der Waals surface area contributed by atoms with E-state index in [-0.39, 0.29) is 101 Å². The summed E-state index contributed by atoms with van der Waals surface area (Å²) >= 11 is 0. The van der Waals surface area contributed by atoms with Crippen LogP contribution in [0.5, 0.6) is 0 Å². The van der Waals surface area contributed by atoms with Crippen LogP contribution in [0.1, 0.15) is 103 Å². The number of nitrogens with two attached hydrogens (primary N) is 7. The van der Waals surface area contributed by atoms with E-state index in [1.165, 1.54) is 30.4 Å². The summed E-state index contributed by atoms with van der Waals surface area (Å²) < 4.78 is 0. The average Bonchev–Trinajstić information content (AvgIpc) is 4.11. The maximum atomic E-state index is 14.4. The fraction of sp³-hybridized carbons (Fsp3) is 0.660. The Balaban J connectivity index is 2.39. The first-order valence-corrected chi connectivity index (χ1v) is 25.8. The second-order valence-corrected chi connectivity index (χ2v) is 18.1. The van der Waals surface area contributed by atoms with Gasteiger partial charge in [-0.25, -0.2) is 9.98 Å². The highest BCUT2D eigenvalue weighted by Crippen LogP contribution is 2.20. The van der Waals surface area contributed by atoms with E-state index in [4.69, 9.17) is 40.1 Å². The van der Waals surface area contributed by atoms with Gasteiger partial charge < -0.3 is 92.3 Å². The van der Waals surface area contributed by atoms with E-state index in [1.54, 1.807) is 0 Å². The number of aliphatic imine (C=N–C) groups is 2. The van der Waals surface area contributed by atoms with Crippen molar-refractivity contribution in [3.8, 4) is 0 Å². The van der Waals surface area contributed by atoms with E-state index in [0.717, 1.165) is 0 Å². The zero-order valence-electron chi connectivity index (χ0n) is 43.6. The predicted octanol–water partition coefficient (Wildman–Crippen LogP) is -5.79. The number of nitrogens with one attached hydrogen (secondary N) is 8. The van der Waals surface area contributed by atoms with Crippen molar-refractivity contribution < 1.29 is 48.3 Å². The van der Waals surface area contributed by atoms with Gasteiger partial charge in [0.1, 0.15) is 41.6 Å². The van der Waals surface area contributed by atoms with Crippen molar-refractivity contribution in [2.24, 2.45) is 50.1 Å². The number of amides is 9. The Morgan fingerprint density at radius 2 is 1.46 bits per heavy atom. The molecule has 1 fully saturated rings. The summed E-state index contributed by atoms with van der Waals surface area (Å²) in [5.74, 6) is -6.81. The molecule has 76 heavy (non-hydrogen) atoms. The molecule has 1 aliphatic heterocycles. The third kappa shape index (κ3) is 25.1. The Hall–Kier alpha value is -6.92. The summed E-state index contributed by atoms with van der Waals surface area (Å²) in [6.07, 6.45) is 6.92. The number of aromatic amines is 1. The number of aliphatic hydroxyl groups excluding tert-OH is 1. The maximum Gasteiger partial charge on any atom is 0.269 e. The fourth-order valence-electron chi connectivity index (χ4n) is 7.65. The minimum absolute atomic E-state index is 0.0406. The van der Waals surface area contributed by atoms with Crippen LogP contribution in [-0.2, 0) is 49.6 Å². The van der Waals surface area contributed by atoms with Crippen molar-refractivity contribution in [1.29, 1.82) is 0 Å². The number of likely N-dealkylation sites (tertiary alicyclic amines) is 1. The van der Waals surface area contributed by atoms with Crippen molar-refractivity contribution in [2.45, 2.75) is 140 Å². The second kappa shape index (κ2) is 36.9. The van der Waals surface area contributed by atoms with Gasteiger partial charge in [-0.2, -0.15) is 0 Å². The van der Waals surface area contributed by atoms with Crippen LogP contribution in [0.4, 0.5) is 0 Å². The molecule has 6 atom stereocenters. The molecule has 0 aromatic carbocycles. The van der Waals surface area contributed by atoms with Crippen molar-refractivity contribution in [3.63, 3.8) is 0 Å². The van der Waals surface area contributed by atoms with Gasteiger partial charge in [-0.3, -0.25) is 48.1 Å². The molecule has 2 heterocycles. The number of unbranched alkanes of at least 4 members (excludes halogenated alkanes) is 3. The largest absolute Gasteiger partial charge is 0.391 e. The first kappa shape index (κ1) is 65.2. The molecule has 0 bridgehead atoms. The second-order valence-electron chi connectivity index (χ2n) is 18.1. The fourth-order valence-corrected chi connectivity index (χ4v) is 7.65. The highest BCUT2D eigenvalue weighted by Gasteiger charge is 2.38. The van der Waals surface area contributed by atoms with Crippen LogP contribution in [0.25, 0.3) is 0 Å². The van der Waals surface area contributed by atoms with E-state index in [9.17, 15) is 48.3 Å². The lowest BCUT2D eigenvalue weighted by Crippen LogP contribution is -2.57. The van der Waals surface area contributed by atoms with Crippen LogP contribution in [0, 0.1) is 0 Å². The number of imidazole rings is 1. The molecule has 29 nitrogen and oxygen atoms in total. The number of nitrogens with zero attached hydrogens (tertiary/aromatic N) is 4. The zero-order valence-corrected chi connectivity index (χ0v) is 43.6. The lowest BCUT2D eigenvalue weighted by atomic mass is 10.1. The average molecular weight is 1070 g/mol. The molecule has 1 aromatic heterocycles. The smallest absolute Gasteiger partial charge is 0.269 e. The highest BCUT2D eigenvalue weighted by atomic mass is 16.3. The van der Waals surface area contributed by atoms with Crippen LogP contribution in [-0.4, -0.2) is 180 Å². The number of hydrogen-bond donors (Lipinski definition) is 16. The zero-order chi connectivity index (χ0) is 56.4. The van der Waals surface area contributed by atoms with Crippen LogP contribution < -0.4 is 77.4 Å². The first-order chi connectivity index (χ1) is 36.4. The number of hydrogen-bond acceptors (Lipinski definition) is 17. The van der Waals surface area contributed by atoms with Crippen LogP contribution >= 0.6 is 0 Å². The van der Waals surface area contributed by atoms with Gasteiger partial charge in [0.05, 0.1) is 25.4 Å². The number of rotatable bonds is 37. The maximum absolute atomic E-state index is 14.4. The summed E-state index contributed by atoms with van der Waals surface area (Å²) in [5, 5.41) is 28.0. The van der Waals surface area contributed by atoms with E-state index < -0.39 is 96.0 Å². The molecular formula is C47H83N19O10. The van der Waals surface area contributed by atoms with Gasteiger partial charge >= 0.3 is 0 Å².